The van der Waals surface area contributed by atoms with Crippen LogP contribution in [0.4, 0.5) is 5.69 Å². The van der Waals surface area contributed by atoms with Crippen LogP contribution in [0.5, 0.6) is 5.88 Å². The Balaban J connectivity index is 2.21. The highest BCUT2D eigenvalue weighted by Crippen LogP contribution is 2.46. The van der Waals surface area contributed by atoms with Gasteiger partial charge < -0.3 is 9.47 Å². The molecule has 0 amide bonds. The monoisotopic (exact) mass is 352 g/mol. The van der Waals surface area contributed by atoms with Crippen LogP contribution in [-0.2, 0) is 9.53 Å². The van der Waals surface area contributed by atoms with Crippen molar-refractivity contribution in [2.75, 3.05) is 6.61 Å². The lowest BCUT2D eigenvalue weighted by atomic mass is 9.76. The van der Waals surface area contributed by atoms with Crippen molar-refractivity contribution in [1.29, 1.82) is 0 Å². The van der Waals surface area contributed by atoms with Gasteiger partial charge in [-0.3, -0.25) is 9.79 Å². The van der Waals surface area contributed by atoms with Crippen molar-refractivity contribution in [2.24, 2.45) is 10.9 Å². The topological polar surface area (TPSA) is 60.8 Å². The summed E-state index contributed by atoms with van der Waals surface area (Å²) in [5.74, 6) is -0.488. The Morgan fingerprint density at radius 3 is 2.58 bits per heavy atom. The Bertz CT molecular complexity index is 815. The maximum atomic E-state index is 12.8. The van der Waals surface area contributed by atoms with Crippen LogP contribution in [0.3, 0.4) is 0 Å². The highest BCUT2D eigenvalue weighted by molar-refractivity contribution is 6.05. The molecule has 1 aromatic carbocycles. The number of carbonyl (C=O) groups excluding carboxylic acids is 1. The van der Waals surface area contributed by atoms with E-state index in [1.165, 1.54) is 0 Å². The van der Waals surface area contributed by atoms with Crippen molar-refractivity contribution >= 4 is 17.4 Å². The molecular formula is C21H24N2O3. The molecule has 0 bridgehead atoms. The zero-order valence-corrected chi connectivity index (χ0v) is 15.6. The minimum Gasteiger partial charge on any atom is -0.475 e. The number of pyridine rings is 1. The zero-order valence-electron chi connectivity index (χ0n) is 15.6. The number of aliphatic imine (C=N–C) groups is 1. The van der Waals surface area contributed by atoms with Gasteiger partial charge in [-0.15, -0.1) is 0 Å². The third-order valence-corrected chi connectivity index (χ3v) is 4.37. The second-order valence-corrected chi connectivity index (χ2v) is 6.59. The summed E-state index contributed by atoms with van der Waals surface area (Å²) in [6, 6.07) is 11.8. The van der Waals surface area contributed by atoms with E-state index in [4.69, 9.17) is 9.47 Å². The van der Waals surface area contributed by atoms with E-state index in [0.717, 1.165) is 22.5 Å². The molecular weight excluding hydrogens is 328 g/mol. The van der Waals surface area contributed by atoms with E-state index < -0.39 is 5.92 Å². The van der Waals surface area contributed by atoms with Crippen LogP contribution in [0.2, 0.25) is 0 Å². The summed E-state index contributed by atoms with van der Waals surface area (Å²) in [5.41, 5.74) is 3.40. The number of carbonyl (C=O) groups is 1. The molecule has 26 heavy (non-hydrogen) atoms. The average Bonchev–Trinajstić information content (AvgIpc) is 2.61. The lowest BCUT2D eigenvalue weighted by molar-refractivity contribution is -0.146. The van der Waals surface area contributed by atoms with Gasteiger partial charge in [0, 0.05) is 23.4 Å². The van der Waals surface area contributed by atoms with Crippen molar-refractivity contribution in [3.63, 3.8) is 0 Å². The van der Waals surface area contributed by atoms with E-state index >= 15 is 0 Å². The van der Waals surface area contributed by atoms with Crippen LogP contribution < -0.4 is 4.74 Å². The van der Waals surface area contributed by atoms with Crippen LogP contribution in [0.25, 0.3) is 0 Å². The first-order valence-electron chi connectivity index (χ1n) is 8.95. The van der Waals surface area contributed by atoms with Crippen LogP contribution >= 0.6 is 0 Å². The van der Waals surface area contributed by atoms with Gasteiger partial charge in [0.2, 0.25) is 5.88 Å². The molecule has 2 heterocycles. The SMILES string of the molecule is CCOC(=O)C1C(C)=Nc2ccnc(OC(C)C)c2C1c1ccccc1. The Hall–Kier alpha value is -2.69. The standard InChI is InChI=1S/C21H24N2O3/c1-5-25-21(24)17-14(4)23-16-11-12-22-20(26-13(2)3)19(16)18(17)15-9-7-6-8-10-15/h6-13,17-18H,5H2,1-4H3. The maximum Gasteiger partial charge on any atom is 0.315 e. The van der Waals surface area contributed by atoms with Crippen molar-refractivity contribution in [1.82, 2.24) is 4.98 Å². The normalized spacial score (nSPS) is 18.9. The summed E-state index contributed by atoms with van der Waals surface area (Å²) in [6.07, 6.45) is 1.67. The molecule has 1 aliphatic rings. The van der Waals surface area contributed by atoms with Gasteiger partial charge in [-0.05, 0) is 39.3 Å². The fourth-order valence-electron chi connectivity index (χ4n) is 3.38. The van der Waals surface area contributed by atoms with Crippen molar-refractivity contribution < 1.29 is 14.3 Å². The molecule has 136 valence electrons. The molecule has 0 spiro atoms. The van der Waals surface area contributed by atoms with E-state index in [0.29, 0.717) is 12.5 Å². The molecule has 0 aliphatic carbocycles. The molecule has 2 unspecified atom stereocenters. The molecule has 1 aromatic heterocycles. The summed E-state index contributed by atoms with van der Waals surface area (Å²) >= 11 is 0. The third kappa shape index (κ3) is 3.47. The first-order valence-corrected chi connectivity index (χ1v) is 8.95. The molecule has 0 radical (unpaired) electrons. The Morgan fingerprint density at radius 2 is 1.92 bits per heavy atom. The minimum atomic E-state index is -0.497. The number of aromatic nitrogens is 1. The van der Waals surface area contributed by atoms with Crippen molar-refractivity contribution in [2.45, 2.75) is 39.7 Å². The quantitative estimate of drug-likeness (QED) is 0.753. The van der Waals surface area contributed by atoms with Crippen molar-refractivity contribution in [3.8, 4) is 5.88 Å². The summed E-state index contributed by atoms with van der Waals surface area (Å²) < 4.78 is 11.3. The second kappa shape index (κ2) is 7.68. The molecule has 0 saturated heterocycles. The van der Waals surface area contributed by atoms with Crippen LogP contribution in [0.15, 0.2) is 47.6 Å². The largest absolute Gasteiger partial charge is 0.475 e. The predicted octanol–water partition coefficient (Wildman–Crippen LogP) is 4.29. The molecule has 5 heteroatoms. The van der Waals surface area contributed by atoms with E-state index in [9.17, 15) is 4.79 Å². The first kappa shape index (κ1) is 18.1. The fraction of sp³-hybridized carbons (Fsp3) is 0.381. The number of ether oxygens (including phenoxy) is 2. The Labute approximate surface area is 154 Å². The number of fused-ring (bicyclic) bond motifs is 1. The van der Waals surface area contributed by atoms with Crippen molar-refractivity contribution in [3.05, 3.63) is 53.7 Å². The van der Waals surface area contributed by atoms with Gasteiger partial charge in [-0.2, -0.15) is 0 Å². The number of hydrogen-bond donors (Lipinski definition) is 0. The number of esters is 1. The molecule has 0 saturated carbocycles. The maximum absolute atomic E-state index is 12.8. The number of rotatable bonds is 5. The number of hydrogen-bond acceptors (Lipinski definition) is 5. The fourth-order valence-corrected chi connectivity index (χ4v) is 3.38. The average molecular weight is 352 g/mol. The number of benzene rings is 1. The molecule has 2 aromatic rings. The summed E-state index contributed by atoms with van der Waals surface area (Å²) in [7, 11) is 0. The van der Waals surface area contributed by atoms with Gasteiger partial charge in [0.05, 0.1) is 18.4 Å². The smallest absolute Gasteiger partial charge is 0.315 e. The van der Waals surface area contributed by atoms with Crippen LogP contribution in [0.1, 0.15) is 44.7 Å². The summed E-state index contributed by atoms with van der Waals surface area (Å²) in [5, 5.41) is 0. The van der Waals surface area contributed by atoms with Crippen LogP contribution in [0, 0.1) is 5.92 Å². The number of nitrogens with zero attached hydrogens (tertiary/aromatic N) is 2. The highest BCUT2D eigenvalue weighted by Gasteiger charge is 2.40. The summed E-state index contributed by atoms with van der Waals surface area (Å²) in [4.78, 5) is 21.9. The van der Waals surface area contributed by atoms with Gasteiger partial charge in [-0.25, -0.2) is 4.98 Å². The lowest BCUT2D eigenvalue weighted by Gasteiger charge is -2.32. The molecule has 3 rings (SSSR count). The predicted molar refractivity (Wildman–Crippen MR) is 101 cm³/mol. The Morgan fingerprint density at radius 1 is 1.19 bits per heavy atom. The van der Waals surface area contributed by atoms with E-state index in [2.05, 4.69) is 9.98 Å². The van der Waals surface area contributed by atoms with Gasteiger partial charge in [0.15, 0.2) is 0 Å². The van der Waals surface area contributed by atoms with Gasteiger partial charge >= 0.3 is 5.97 Å². The van der Waals surface area contributed by atoms with Gasteiger partial charge in [-0.1, -0.05) is 30.3 Å². The molecule has 1 aliphatic heterocycles. The van der Waals surface area contributed by atoms with Gasteiger partial charge in [0.1, 0.15) is 5.92 Å². The van der Waals surface area contributed by atoms with E-state index in [1.54, 1.807) is 6.20 Å². The molecule has 2 atom stereocenters. The molecule has 5 nitrogen and oxygen atoms in total. The third-order valence-electron chi connectivity index (χ3n) is 4.37. The van der Waals surface area contributed by atoms with Gasteiger partial charge in [0.25, 0.3) is 0 Å². The minimum absolute atomic E-state index is 0.0292. The Kier molecular flexibility index (Phi) is 5.35. The van der Waals surface area contributed by atoms with E-state index in [1.807, 2.05) is 64.1 Å². The zero-order chi connectivity index (χ0) is 18.7. The van der Waals surface area contributed by atoms with Crippen LogP contribution in [-0.4, -0.2) is 29.4 Å². The summed E-state index contributed by atoms with van der Waals surface area (Å²) in [6.45, 7) is 7.94. The highest BCUT2D eigenvalue weighted by atomic mass is 16.5. The first-order chi connectivity index (χ1) is 12.5. The molecule has 0 fully saturated rings. The molecule has 0 N–H and O–H groups in total. The van der Waals surface area contributed by atoms with E-state index in [-0.39, 0.29) is 18.0 Å². The second-order valence-electron chi connectivity index (χ2n) is 6.59. The lowest BCUT2D eigenvalue weighted by Crippen LogP contribution is -2.34.